The van der Waals surface area contributed by atoms with E-state index >= 15 is 0 Å². The van der Waals surface area contributed by atoms with Crippen molar-refractivity contribution in [2.75, 3.05) is 0 Å². The Kier molecular flexibility index (Phi) is 4.86. The smallest absolute Gasteiger partial charge is 0.335 e. The van der Waals surface area contributed by atoms with Crippen LogP contribution in [0.5, 0.6) is 0 Å². The Hall–Kier alpha value is -2.66. The Labute approximate surface area is 144 Å². The first-order valence-corrected chi connectivity index (χ1v) is 8.43. The number of benzene rings is 2. The van der Waals surface area contributed by atoms with Crippen LogP contribution in [0.25, 0.3) is 21.9 Å². The van der Waals surface area contributed by atoms with Crippen molar-refractivity contribution in [2.24, 2.45) is 0 Å². The quantitative estimate of drug-likeness (QED) is 0.517. The highest BCUT2D eigenvalue weighted by Crippen LogP contribution is 2.25. The summed E-state index contributed by atoms with van der Waals surface area (Å²) in [5.41, 5.74) is 1.22. The Balaban J connectivity index is 2.06. The third-order valence-corrected chi connectivity index (χ3v) is 4.41. The lowest BCUT2D eigenvalue weighted by atomic mass is 10.0. The van der Waals surface area contributed by atoms with Gasteiger partial charge < -0.3 is 14.6 Å². The number of unbranched alkanes of at least 4 members (excludes halogenated alkanes) is 2. The molecule has 2 N–H and O–H groups in total. The van der Waals surface area contributed by atoms with Crippen LogP contribution in [0.1, 0.15) is 54.6 Å². The fraction of sp³-hybridized carbons (Fsp3) is 0.300. The van der Waals surface area contributed by atoms with Gasteiger partial charge in [0.15, 0.2) is 0 Å². The molecule has 0 amide bonds. The molecule has 3 aromatic rings. The van der Waals surface area contributed by atoms with Crippen LogP contribution in [0.4, 0.5) is 0 Å². The van der Waals surface area contributed by atoms with Crippen molar-refractivity contribution in [2.45, 2.75) is 38.7 Å². The lowest BCUT2D eigenvalue weighted by Gasteiger charge is -2.11. The summed E-state index contributed by atoms with van der Waals surface area (Å²) in [6.45, 7) is 2.11. The standard InChI is InChI=1S/C20H20O5/c1-2-3-4-5-16(21)12-6-8-14-18(11-12)25-17-9-7-13(20(23)24)10-15(17)19(14)22/h6-11,16,21H,2-5H2,1H3,(H,23,24). The topological polar surface area (TPSA) is 87.7 Å². The van der Waals surface area contributed by atoms with E-state index in [1.807, 2.05) is 0 Å². The van der Waals surface area contributed by atoms with Crippen molar-refractivity contribution in [3.8, 4) is 0 Å². The van der Waals surface area contributed by atoms with Crippen LogP contribution in [0.3, 0.4) is 0 Å². The van der Waals surface area contributed by atoms with Gasteiger partial charge in [-0.3, -0.25) is 4.79 Å². The minimum Gasteiger partial charge on any atom is -0.478 e. The monoisotopic (exact) mass is 340 g/mol. The third kappa shape index (κ3) is 3.42. The normalized spacial score (nSPS) is 12.6. The van der Waals surface area contributed by atoms with Gasteiger partial charge >= 0.3 is 5.97 Å². The number of carboxylic acid groups (broad SMARTS) is 1. The summed E-state index contributed by atoms with van der Waals surface area (Å²) >= 11 is 0. The van der Waals surface area contributed by atoms with Crippen LogP contribution in [-0.4, -0.2) is 16.2 Å². The molecule has 1 unspecified atom stereocenters. The van der Waals surface area contributed by atoms with Gasteiger partial charge in [-0.2, -0.15) is 0 Å². The van der Waals surface area contributed by atoms with E-state index in [9.17, 15) is 14.7 Å². The number of rotatable bonds is 6. The fourth-order valence-electron chi connectivity index (χ4n) is 2.97. The van der Waals surface area contributed by atoms with Gasteiger partial charge in [0, 0.05) is 0 Å². The number of aliphatic hydroxyl groups is 1. The second kappa shape index (κ2) is 7.07. The molecule has 0 aliphatic heterocycles. The number of carboxylic acids is 1. The first-order valence-electron chi connectivity index (χ1n) is 8.43. The van der Waals surface area contributed by atoms with E-state index in [2.05, 4.69) is 6.92 Å². The van der Waals surface area contributed by atoms with Gasteiger partial charge in [-0.1, -0.05) is 32.3 Å². The Morgan fingerprint density at radius 2 is 1.88 bits per heavy atom. The van der Waals surface area contributed by atoms with E-state index in [1.165, 1.54) is 18.2 Å². The zero-order chi connectivity index (χ0) is 18.0. The maximum atomic E-state index is 12.6. The maximum absolute atomic E-state index is 12.6. The predicted octanol–water partition coefficient (Wildman–Crippen LogP) is 4.26. The van der Waals surface area contributed by atoms with Crippen molar-refractivity contribution < 1.29 is 19.4 Å². The van der Waals surface area contributed by atoms with Crippen LogP contribution >= 0.6 is 0 Å². The number of fused-ring (bicyclic) bond motifs is 2. The number of aromatic carboxylic acids is 1. The summed E-state index contributed by atoms with van der Waals surface area (Å²) in [4.78, 5) is 23.7. The Morgan fingerprint density at radius 1 is 1.08 bits per heavy atom. The van der Waals surface area contributed by atoms with E-state index < -0.39 is 12.1 Å². The summed E-state index contributed by atoms with van der Waals surface area (Å²) in [6, 6.07) is 9.27. The van der Waals surface area contributed by atoms with E-state index in [4.69, 9.17) is 9.52 Å². The van der Waals surface area contributed by atoms with Crippen LogP contribution in [0.2, 0.25) is 0 Å². The molecule has 5 nitrogen and oxygen atoms in total. The van der Waals surface area contributed by atoms with E-state index in [0.717, 1.165) is 19.3 Å². The molecule has 0 saturated carbocycles. The molecule has 0 radical (unpaired) electrons. The van der Waals surface area contributed by atoms with Crippen molar-refractivity contribution in [3.63, 3.8) is 0 Å². The van der Waals surface area contributed by atoms with Crippen molar-refractivity contribution in [3.05, 3.63) is 57.7 Å². The fourth-order valence-corrected chi connectivity index (χ4v) is 2.97. The van der Waals surface area contributed by atoms with E-state index in [-0.39, 0.29) is 16.4 Å². The van der Waals surface area contributed by atoms with Crippen LogP contribution in [-0.2, 0) is 0 Å². The second-order valence-corrected chi connectivity index (χ2v) is 6.21. The SMILES string of the molecule is CCCCCC(O)c1ccc2c(=O)c3cc(C(=O)O)ccc3oc2c1. The van der Waals surface area contributed by atoms with Gasteiger partial charge in [0.05, 0.1) is 22.4 Å². The minimum absolute atomic E-state index is 0.0436. The maximum Gasteiger partial charge on any atom is 0.335 e. The van der Waals surface area contributed by atoms with Gasteiger partial charge in [0.1, 0.15) is 11.2 Å². The molecule has 25 heavy (non-hydrogen) atoms. The molecule has 0 aliphatic carbocycles. The summed E-state index contributed by atoms with van der Waals surface area (Å²) in [7, 11) is 0. The Bertz CT molecular complexity index is 986. The highest BCUT2D eigenvalue weighted by molar-refractivity contribution is 5.96. The molecule has 0 fully saturated rings. The molecule has 2 aromatic carbocycles. The van der Waals surface area contributed by atoms with Gasteiger partial charge in [-0.05, 0) is 42.3 Å². The van der Waals surface area contributed by atoms with Crippen LogP contribution in [0.15, 0.2) is 45.6 Å². The number of carbonyl (C=O) groups is 1. The van der Waals surface area contributed by atoms with E-state index in [0.29, 0.717) is 28.5 Å². The highest BCUT2D eigenvalue weighted by Gasteiger charge is 2.14. The first-order chi connectivity index (χ1) is 12.0. The van der Waals surface area contributed by atoms with E-state index in [1.54, 1.807) is 18.2 Å². The summed E-state index contributed by atoms with van der Waals surface area (Å²) in [5, 5.41) is 20.0. The molecular formula is C20H20O5. The largest absolute Gasteiger partial charge is 0.478 e. The highest BCUT2D eigenvalue weighted by atomic mass is 16.4. The van der Waals surface area contributed by atoms with Gasteiger partial charge in [0.25, 0.3) is 0 Å². The number of hydrogen-bond donors (Lipinski definition) is 2. The molecule has 1 aromatic heterocycles. The average molecular weight is 340 g/mol. The second-order valence-electron chi connectivity index (χ2n) is 6.21. The molecular weight excluding hydrogens is 320 g/mol. The number of hydrogen-bond acceptors (Lipinski definition) is 4. The summed E-state index contributed by atoms with van der Waals surface area (Å²) in [5.74, 6) is -1.09. The molecule has 130 valence electrons. The van der Waals surface area contributed by atoms with Gasteiger partial charge in [-0.25, -0.2) is 4.79 Å². The lowest BCUT2D eigenvalue weighted by Crippen LogP contribution is -2.05. The van der Waals surface area contributed by atoms with Crippen molar-refractivity contribution in [1.82, 2.24) is 0 Å². The molecule has 0 spiro atoms. The molecule has 3 rings (SSSR count). The zero-order valence-electron chi connectivity index (χ0n) is 14.0. The molecule has 0 aliphatic rings. The number of aliphatic hydroxyl groups excluding tert-OH is 1. The summed E-state index contributed by atoms with van der Waals surface area (Å²) in [6.07, 6.45) is 3.17. The zero-order valence-corrected chi connectivity index (χ0v) is 14.0. The van der Waals surface area contributed by atoms with Crippen molar-refractivity contribution >= 4 is 27.9 Å². The van der Waals surface area contributed by atoms with Crippen LogP contribution in [0, 0.1) is 0 Å². The molecule has 0 saturated heterocycles. The first kappa shape index (κ1) is 17.2. The Morgan fingerprint density at radius 3 is 2.60 bits per heavy atom. The van der Waals surface area contributed by atoms with Crippen molar-refractivity contribution in [1.29, 1.82) is 0 Å². The predicted molar refractivity (Wildman–Crippen MR) is 96.1 cm³/mol. The molecule has 1 heterocycles. The van der Waals surface area contributed by atoms with Gasteiger partial charge in [0.2, 0.25) is 5.43 Å². The van der Waals surface area contributed by atoms with Gasteiger partial charge in [-0.15, -0.1) is 0 Å². The molecule has 0 bridgehead atoms. The lowest BCUT2D eigenvalue weighted by molar-refractivity contribution is 0.0697. The molecule has 1 atom stereocenters. The minimum atomic E-state index is -1.09. The third-order valence-electron chi connectivity index (χ3n) is 4.41. The molecule has 5 heteroatoms. The summed E-state index contributed by atoms with van der Waals surface area (Å²) < 4.78 is 5.77. The average Bonchev–Trinajstić information content (AvgIpc) is 2.61. The van der Waals surface area contributed by atoms with Crippen LogP contribution < -0.4 is 5.43 Å².